The van der Waals surface area contributed by atoms with Crippen molar-refractivity contribution < 1.29 is 9.31 Å². The Hall–Kier alpha value is -1.47. The van der Waals surface area contributed by atoms with Crippen molar-refractivity contribution in [1.82, 2.24) is 0 Å². The van der Waals surface area contributed by atoms with Crippen LogP contribution in [0.5, 0.6) is 0 Å². The molecule has 7 heteroatoms. The zero-order valence-corrected chi connectivity index (χ0v) is 11.4. The summed E-state index contributed by atoms with van der Waals surface area (Å²) in [5, 5.41) is 15.2. The molecule has 0 aliphatic rings. The summed E-state index contributed by atoms with van der Waals surface area (Å²) in [6, 6.07) is 6.18. The molecule has 0 unspecified atom stereocenters. The number of hydrogen-bond acceptors (Lipinski definition) is 4. The van der Waals surface area contributed by atoms with Crippen LogP contribution in [0.25, 0.3) is 0 Å². The minimum absolute atomic E-state index is 0.0862. The lowest BCUT2D eigenvalue weighted by molar-refractivity contribution is -0.380. The Balaban J connectivity index is 2.04. The molecule has 1 N–H and O–H groups in total. The normalized spacial score (nSPS) is 10.3. The maximum atomic E-state index is 13.5. The molecule has 2 aromatic rings. The highest BCUT2D eigenvalue weighted by Gasteiger charge is 2.10. The molecular weight excluding hydrogens is 323 g/mol. The van der Waals surface area contributed by atoms with E-state index in [1.54, 1.807) is 17.5 Å². The van der Waals surface area contributed by atoms with E-state index >= 15 is 0 Å². The van der Waals surface area contributed by atoms with E-state index in [0.717, 1.165) is 16.9 Å². The summed E-state index contributed by atoms with van der Waals surface area (Å²) in [5.41, 5.74) is 1.13. The van der Waals surface area contributed by atoms with Crippen molar-refractivity contribution in [3.8, 4) is 0 Å². The number of rotatable bonds is 4. The summed E-state index contributed by atoms with van der Waals surface area (Å²) >= 11 is 4.23. The molecule has 0 spiro atoms. The van der Waals surface area contributed by atoms with Gasteiger partial charge in [0.05, 0.1) is 10.6 Å². The molecule has 4 nitrogen and oxygen atoms in total. The van der Waals surface area contributed by atoms with Crippen LogP contribution >= 0.6 is 27.3 Å². The fourth-order valence-corrected chi connectivity index (χ4v) is 2.44. The van der Waals surface area contributed by atoms with Gasteiger partial charge in [-0.05, 0) is 23.8 Å². The van der Waals surface area contributed by atoms with Crippen molar-refractivity contribution in [2.45, 2.75) is 6.54 Å². The molecule has 0 amide bonds. The van der Waals surface area contributed by atoms with Crippen LogP contribution in [0.4, 0.5) is 15.1 Å². The van der Waals surface area contributed by atoms with E-state index in [1.165, 1.54) is 12.1 Å². The molecule has 0 atom stereocenters. The second-order valence-corrected chi connectivity index (χ2v) is 5.33. The van der Waals surface area contributed by atoms with Crippen LogP contribution in [0.1, 0.15) is 5.56 Å². The lowest BCUT2D eigenvalue weighted by Crippen LogP contribution is -2.00. The van der Waals surface area contributed by atoms with Crippen molar-refractivity contribution in [1.29, 1.82) is 0 Å². The number of anilines is 1. The summed E-state index contributed by atoms with van der Waals surface area (Å²) < 4.78 is 14.2. The Labute approximate surface area is 115 Å². The third kappa shape index (κ3) is 3.05. The first-order chi connectivity index (χ1) is 8.56. The molecule has 94 valence electrons. The first-order valence-corrected chi connectivity index (χ1v) is 6.64. The standard InChI is InChI=1S/C11H8BrFN2O2S/c12-8-1-2-10(9(13)4-8)14-5-7-3-11(15(16)17)18-6-7/h1-4,6,14H,5H2. The van der Waals surface area contributed by atoms with Crippen molar-refractivity contribution in [3.05, 3.63) is 55.6 Å². The van der Waals surface area contributed by atoms with Crippen LogP contribution in [0, 0.1) is 15.9 Å². The topological polar surface area (TPSA) is 55.2 Å². The van der Waals surface area contributed by atoms with Crippen molar-refractivity contribution in [2.24, 2.45) is 0 Å². The van der Waals surface area contributed by atoms with Gasteiger partial charge in [0.25, 0.3) is 0 Å². The number of nitro groups is 1. The van der Waals surface area contributed by atoms with Crippen LogP contribution in [0.15, 0.2) is 34.1 Å². The molecule has 0 aliphatic carbocycles. The van der Waals surface area contributed by atoms with Gasteiger partial charge in [-0.3, -0.25) is 10.1 Å². The van der Waals surface area contributed by atoms with E-state index in [2.05, 4.69) is 21.2 Å². The largest absolute Gasteiger partial charge is 0.379 e. The maximum Gasteiger partial charge on any atom is 0.324 e. The Morgan fingerprint density at radius 2 is 2.22 bits per heavy atom. The van der Waals surface area contributed by atoms with Crippen molar-refractivity contribution >= 4 is 38.0 Å². The summed E-state index contributed by atoms with van der Waals surface area (Å²) in [6.07, 6.45) is 0. The number of thiophene rings is 1. The Bertz CT molecular complexity index is 588. The Morgan fingerprint density at radius 3 is 2.83 bits per heavy atom. The number of hydrogen-bond donors (Lipinski definition) is 1. The van der Waals surface area contributed by atoms with Gasteiger partial charge in [0.2, 0.25) is 0 Å². The quantitative estimate of drug-likeness (QED) is 0.676. The van der Waals surface area contributed by atoms with Crippen molar-refractivity contribution in [2.75, 3.05) is 5.32 Å². The third-order valence-electron chi connectivity index (χ3n) is 2.23. The lowest BCUT2D eigenvalue weighted by Gasteiger charge is -2.06. The first-order valence-electron chi connectivity index (χ1n) is 4.97. The minimum Gasteiger partial charge on any atom is -0.379 e. The van der Waals surface area contributed by atoms with E-state index in [1.807, 2.05) is 0 Å². The van der Waals surface area contributed by atoms with Gasteiger partial charge in [0.15, 0.2) is 0 Å². The Morgan fingerprint density at radius 1 is 1.44 bits per heavy atom. The second-order valence-electron chi connectivity index (χ2n) is 3.53. The third-order valence-corrected chi connectivity index (χ3v) is 3.66. The fraction of sp³-hybridized carbons (Fsp3) is 0.0909. The summed E-state index contributed by atoms with van der Waals surface area (Å²) in [5.74, 6) is -0.367. The highest BCUT2D eigenvalue weighted by atomic mass is 79.9. The van der Waals surface area contributed by atoms with E-state index in [4.69, 9.17) is 0 Å². The van der Waals surface area contributed by atoms with Crippen LogP contribution < -0.4 is 5.32 Å². The van der Waals surface area contributed by atoms with E-state index < -0.39 is 4.92 Å². The van der Waals surface area contributed by atoms with Gasteiger partial charge in [0, 0.05) is 22.5 Å². The zero-order chi connectivity index (χ0) is 13.1. The summed E-state index contributed by atoms with van der Waals surface area (Å²) in [6.45, 7) is 0.350. The Kier molecular flexibility index (Phi) is 3.93. The molecule has 0 radical (unpaired) electrons. The molecular formula is C11H8BrFN2O2S. The molecule has 18 heavy (non-hydrogen) atoms. The molecule has 2 rings (SSSR count). The van der Waals surface area contributed by atoms with E-state index in [9.17, 15) is 14.5 Å². The number of nitrogens with zero attached hydrogens (tertiary/aromatic N) is 1. The number of nitrogens with one attached hydrogen (secondary N) is 1. The van der Waals surface area contributed by atoms with Crippen LogP contribution in [0.2, 0.25) is 0 Å². The molecule has 0 saturated carbocycles. The monoisotopic (exact) mass is 330 g/mol. The predicted octanol–water partition coefficient (Wildman–Crippen LogP) is 4.17. The molecule has 0 fully saturated rings. The summed E-state index contributed by atoms with van der Waals surface area (Å²) in [7, 11) is 0. The fourth-order valence-electron chi connectivity index (χ4n) is 1.38. The molecule has 0 bridgehead atoms. The zero-order valence-electron chi connectivity index (χ0n) is 9.02. The van der Waals surface area contributed by atoms with Gasteiger partial charge < -0.3 is 5.32 Å². The van der Waals surface area contributed by atoms with E-state index in [0.29, 0.717) is 16.7 Å². The number of benzene rings is 1. The van der Waals surface area contributed by atoms with Crippen LogP contribution in [-0.4, -0.2) is 4.92 Å². The second kappa shape index (κ2) is 5.45. The highest BCUT2D eigenvalue weighted by molar-refractivity contribution is 9.10. The smallest absolute Gasteiger partial charge is 0.324 e. The summed E-state index contributed by atoms with van der Waals surface area (Å²) in [4.78, 5) is 10.1. The maximum absolute atomic E-state index is 13.5. The van der Waals surface area contributed by atoms with Gasteiger partial charge in [-0.15, -0.1) is 0 Å². The van der Waals surface area contributed by atoms with Gasteiger partial charge in [0.1, 0.15) is 5.82 Å². The van der Waals surface area contributed by atoms with Gasteiger partial charge in [-0.2, -0.15) is 0 Å². The SMILES string of the molecule is O=[N+]([O-])c1cc(CNc2ccc(Br)cc2F)cs1. The number of halogens is 2. The first kappa shape index (κ1) is 13.0. The highest BCUT2D eigenvalue weighted by Crippen LogP contribution is 2.24. The predicted molar refractivity (Wildman–Crippen MR) is 72.4 cm³/mol. The van der Waals surface area contributed by atoms with Gasteiger partial charge in [-0.25, -0.2) is 4.39 Å². The average molecular weight is 331 g/mol. The van der Waals surface area contributed by atoms with Crippen molar-refractivity contribution in [3.63, 3.8) is 0 Å². The van der Waals surface area contributed by atoms with Gasteiger partial charge in [-0.1, -0.05) is 27.3 Å². The van der Waals surface area contributed by atoms with Gasteiger partial charge >= 0.3 is 5.00 Å². The molecule has 0 saturated heterocycles. The van der Waals surface area contributed by atoms with Crippen LogP contribution in [-0.2, 0) is 6.54 Å². The minimum atomic E-state index is -0.436. The molecule has 1 heterocycles. The molecule has 1 aromatic carbocycles. The van der Waals surface area contributed by atoms with Crippen LogP contribution in [0.3, 0.4) is 0 Å². The lowest BCUT2D eigenvalue weighted by atomic mass is 10.3. The molecule has 1 aromatic heterocycles. The molecule has 0 aliphatic heterocycles. The average Bonchev–Trinajstić information content (AvgIpc) is 2.76. The van der Waals surface area contributed by atoms with E-state index in [-0.39, 0.29) is 10.8 Å².